The van der Waals surface area contributed by atoms with Crippen LogP contribution >= 0.6 is 0 Å². The first-order chi connectivity index (χ1) is 16.8. The molecule has 0 saturated carbocycles. The van der Waals surface area contributed by atoms with Gasteiger partial charge < -0.3 is 48.5 Å². The Morgan fingerprint density at radius 1 is 0.667 bits per heavy atom. The third-order valence-electron chi connectivity index (χ3n) is 4.88. The highest BCUT2D eigenvalue weighted by Gasteiger charge is 2.30. The van der Waals surface area contributed by atoms with E-state index in [1.54, 1.807) is 0 Å². The number of carbonyl (C=O) groups excluding carboxylic acids is 4. The predicted octanol–water partition coefficient (Wildman–Crippen LogP) is -3.41. The quantitative estimate of drug-likeness (QED) is 0.0755. The molecule has 0 bridgehead atoms. The first kappa shape index (κ1) is 32.2. The number of carboxylic acids is 3. The standard InChI is InChI=1S/C20H34N6O10/c21-8-2-1-3-11(18(33)26-13(20(35)36)5-7-16(30)31)25-19(34)12(4-6-15(28)29)24-17(32)10(22)9-14(23)27/h10-13H,1-9,21-22H2,(H2,23,27)(H,24,32)(H,25,34)(H,26,33)(H,28,29)(H,30,31)(H,35,36). The molecule has 0 aromatic heterocycles. The number of hydrogen-bond acceptors (Lipinski definition) is 9. The van der Waals surface area contributed by atoms with Crippen LogP contribution in [0.25, 0.3) is 0 Å². The first-order valence-electron chi connectivity index (χ1n) is 11.1. The third kappa shape index (κ3) is 13.8. The number of carboxylic acid groups (broad SMARTS) is 3. The summed E-state index contributed by atoms with van der Waals surface area (Å²) in [5, 5.41) is 33.8. The largest absolute Gasteiger partial charge is 0.481 e. The van der Waals surface area contributed by atoms with Crippen LogP contribution in [0.2, 0.25) is 0 Å². The average Bonchev–Trinajstić information content (AvgIpc) is 2.77. The predicted molar refractivity (Wildman–Crippen MR) is 122 cm³/mol. The van der Waals surface area contributed by atoms with Crippen molar-refractivity contribution in [2.75, 3.05) is 6.54 Å². The normalized spacial score (nSPS) is 13.9. The van der Waals surface area contributed by atoms with Gasteiger partial charge in [0, 0.05) is 12.8 Å². The lowest BCUT2D eigenvalue weighted by atomic mass is 10.0. The summed E-state index contributed by atoms with van der Waals surface area (Å²) >= 11 is 0. The maximum absolute atomic E-state index is 12.9. The van der Waals surface area contributed by atoms with Gasteiger partial charge in [-0.25, -0.2) is 4.79 Å². The van der Waals surface area contributed by atoms with E-state index in [0.717, 1.165) is 0 Å². The Balaban J connectivity index is 5.60. The summed E-state index contributed by atoms with van der Waals surface area (Å²) in [6.07, 6.45) is -1.57. The highest BCUT2D eigenvalue weighted by atomic mass is 16.4. The number of nitrogens with two attached hydrogens (primary N) is 3. The number of carbonyl (C=O) groups is 7. The molecule has 0 fully saturated rings. The molecule has 0 aromatic rings. The Morgan fingerprint density at radius 3 is 1.56 bits per heavy atom. The van der Waals surface area contributed by atoms with E-state index in [1.165, 1.54) is 0 Å². The molecule has 0 saturated heterocycles. The summed E-state index contributed by atoms with van der Waals surface area (Å²) in [6.45, 7) is 0.272. The molecule has 0 rings (SSSR count). The van der Waals surface area contributed by atoms with Crippen LogP contribution in [0, 0.1) is 0 Å². The molecule has 204 valence electrons. The lowest BCUT2D eigenvalue weighted by Gasteiger charge is -2.25. The van der Waals surface area contributed by atoms with Gasteiger partial charge in [0.15, 0.2) is 0 Å². The minimum atomic E-state index is -1.54. The van der Waals surface area contributed by atoms with E-state index in [1.807, 2.05) is 0 Å². The fourth-order valence-electron chi connectivity index (χ4n) is 2.96. The molecule has 0 aromatic carbocycles. The Kier molecular flexibility index (Phi) is 15.0. The molecule has 4 atom stereocenters. The summed E-state index contributed by atoms with van der Waals surface area (Å²) in [6, 6.07) is -5.72. The van der Waals surface area contributed by atoms with E-state index in [9.17, 15) is 38.7 Å². The highest BCUT2D eigenvalue weighted by molar-refractivity contribution is 5.95. The fraction of sp³-hybridized carbons (Fsp3) is 0.650. The highest BCUT2D eigenvalue weighted by Crippen LogP contribution is 2.07. The van der Waals surface area contributed by atoms with Crippen LogP contribution in [0.15, 0.2) is 0 Å². The van der Waals surface area contributed by atoms with E-state index < -0.39 is 91.4 Å². The maximum Gasteiger partial charge on any atom is 0.326 e. The summed E-state index contributed by atoms with van der Waals surface area (Å²) < 4.78 is 0. The second-order valence-electron chi connectivity index (χ2n) is 7.95. The van der Waals surface area contributed by atoms with Gasteiger partial charge in [-0.1, -0.05) is 0 Å². The number of rotatable bonds is 19. The molecule has 16 heteroatoms. The van der Waals surface area contributed by atoms with Crippen molar-refractivity contribution in [3.8, 4) is 0 Å². The maximum atomic E-state index is 12.9. The van der Waals surface area contributed by atoms with Gasteiger partial charge in [-0.05, 0) is 38.6 Å². The Labute approximate surface area is 206 Å². The molecular formula is C20H34N6O10. The van der Waals surface area contributed by atoms with Gasteiger partial charge in [-0.15, -0.1) is 0 Å². The Morgan fingerprint density at radius 2 is 1.11 bits per heavy atom. The zero-order valence-electron chi connectivity index (χ0n) is 19.6. The van der Waals surface area contributed by atoms with E-state index in [2.05, 4.69) is 16.0 Å². The molecule has 0 heterocycles. The van der Waals surface area contributed by atoms with Crippen molar-refractivity contribution in [1.29, 1.82) is 0 Å². The molecule has 4 unspecified atom stereocenters. The summed E-state index contributed by atoms with van der Waals surface area (Å²) in [7, 11) is 0. The zero-order chi connectivity index (χ0) is 27.8. The number of amides is 4. The number of nitrogens with one attached hydrogen (secondary N) is 3. The van der Waals surface area contributed by atoms with Gasteiger partial charge in [-0.3, -0.25) is 28.8 Å². The van der Waals surface area contributed by atoms with E-state index in [4.69, 9.17) is 27.4 Å². The summed E-state index contributed by atoms with van der Waals surface area (Å²) in [5.74, 6) is -7.74. The van der Waals surface area contributed by atoms with Crippen molar-refractivity contribution in [2.24, 2.45) is 17.2 Å². The molecule has 0 radical (unpaired) electrons. The van der Waals surface area contributed by atoms with Gasteiger partial charge in [0.05, 0.1) is 12.5 Å². The van der Waals surface area contributed by atoms with E-state index in [0.29, 0.717) is 12.8 Å². The molecule has 0 aliphatic rings. The van der Waals surface area contributed by atoms with Gasteiger partial charge in [-0.2, -0.15) is 0 Å². The molecule has 12 N–H and O–H groups in total. The minimum absolute atomic E-state index is 0.0147. The van der Waals surface area contributed by atoms with Crippen LogP contribution in [0.4, 0.5) is 0 Å². The number of hydrogen-bond donors (Lipinski definition) is 9. The van der Waals surface area contributed by atoms with Crippen LogP contribution in [-0.2, 0) is 33.6 Å². The van der Waals surface area contributed by atoms with Gasteiger partial charge in [0.1, 0.15) is 18.1 Å². The SMILES string of the molecule is NCCCCC(NC(=O)C(CCC(=O)O)NC(=O)C(N)CC(N)=O)C(=O)NC(CCC(=O)O)C(=O)O. The van der Waals surface area contributed by atoms with Crippen molar-refractivity contribution in [3.05, 3.63) is 0 Å². The van der Waals surface area contributed by atoms with Crippen molar-refractivity contribution in [3.63, 3.8) is 0 Å². The fourth-order valence-corrected chi connectivity index (χ4v) is 2.96. The molecule has 4 amide bonds. The Bertz CT molecular complexity index is 821. The second-order valence-corrected chi connectivity index (χ2v) is 7.95. The number of unbranched alkanes of at least 4 members (excludes halogenated alkanes) is 1. The van der Waals surface area contributed by atoms with Crippen molar-refractivity contribution in [1.82, 2.24) is 16.0 Å². The van der Waals surface area contributed by atoms with E-state index in [-0.39, 0.29) is 19.4 Å². The van der Waals surface area contributed by atoms with Gasteiger partial charge in [0.2, 0.25) is 23.6 Å². The lowest BCUT2D eigenvalue weighted by molar-refractivity contribution is -0.143. The summed E-state index contributed by atoms with van der Waals surface area (Å²) in [4.78, 5) is 82.0. The van der Waals surface area contributed by atoms with Crippen molar-refractivity contribution >= 4 is 41.5 Å². The molecule has 0 spiro atoms. The molecular weight excluding hydrogens is 484 g/mol. The third-order valence-corrected chi connectivity index (χ3v) is 4.88. The molecule has 16 nitrogen and oxygen atoms in total. The van der Waals surface area contributed by atoms with Crippen molar-refractivity contribution < 1.29 is 48.9 Å². The van der Waals surface area contributed by atoms with E-state index >= 15 is 0 Å². The molecule has 0 aliphatic carbocycles. The Hall–Kier alpha value is -3.79. The van der Waals surface area contributed by atoms with Gasteiger partial charge in [0.25, 0.3) is 0 Å². The van der Waals surface area contributed by atoms with Crippen LogP contribution in [-0.4, -0.2) is 87.6 Å². The number of aliphatic carboxylic acids is 3. The van der Waals surface area contributed by atoms with Crippen molar-refractivity contribution in [2.45, 2.75) is 75.5 Å². The summed E-state index contributed by atoms with van der Waals surface area (Å²) in [5.41, 5.74) is 16.0. The second kappa shape index (κ2) is 16.8. The monoisotopic (exact) mass is 518 g/mol. The topological polar surface area (TPSA) is 294 Å². The molecule has 36 heavy (non-hydrogen) atoms. The van der Waals surface area contributed by atoms with Crippen LogP contribution in [0.1, 0.15) is 51.4 Å². The van der Waals surface area contributed by atoms with Crippen LogP contribution < -0.4 is 33.2 Å². The lowest BCUT2D eigenvalue weighted by Crippen LogP contribution is -2.57. The van der Waals surface area contributed by atoms with Gasteiger partial charge >= 0.3 is 17.9 Å². The smallest absolute Gasteiger partial charge is 0.326 e. The number of primary amides is 1. The zero-order valence-corrected chi connectivity index (χ0v) is 19.6. The minimum Gasteiger partial charge on any atom is -0.481 e. The average molecular weight is 519 g/mol. The van der Waals surface area contributed by atoms with Crippen LogP contribution in [0.5, 0.6) is 0 Å². The van der Waals surface area contributed by atoms with Crippen LogP contribution in [0.3, 0.4) is 0 Å². The molecule has 0 aliphatic heterocycles. The first-order valence-corrected chi connectivity index (χ1v) is 11.1.